The van der Waals surface area contributed by atoms with Crippen LogP contribution in [-0.2, 0) is 22.6 Å². The highest BCUT2D eigenvalue weighted by Gasteiger charge is 2.23. The van der Waals surface area contributed by atoms with Gasteiger partial charge in [0.15, 0.2) is 0 Å². The summed E-state index contributed by atoms with van der Waals surface area (Å²) in [6.07, 6.45) is 4.69. The molecule has 3 aromatic rings. The third kappa shape index (κ3) is 6.22. The van der Waals surface area contributed by atoms with Crippen LogP contribution in [0.1, 0.15) is 44.7 Å². The summed E-state index contributed by atoms with van der Waals surface area (Å²) in [5.41, 5.74) is 3.40. The SMILES string of the molecule is CCCCN(CC(=O)N(CCc1c[nH]c2ccccc12)Cc1ccccc1)C(=O)C(C)C. The van der Waals surface area contributed by atoms with Crippen LogP contribution in [0.15, 0.2) is 60.8 Å². The number of amides is 2. The standard InChI is InChI=1S/C27H35N3O2/c1-4-5-16-30(27(32)21(2)3)20-26(31)29(19-22-11-7-6-8-12-22)17-15-23-18-28-25-14-10-9-13-24(23)25/h6-14,18,21,28H,4-5,15-17,19-20H2,1-3H3. The molecule has 5 heteroatoms. The zero-order valence-electron chi connectivity index (χ0n) is 19.5. The Morgan fingerprint density at radius 2 is 1.66 bits per heavy atom. The van der Waals surface area contributed by atoms with Gasteiger partial charge in [-0.2, -0.15) is 0 Å². The lowest BCUT2D eigenvalue weighted by atomic mass is 10.1. The van der Waals surface area contributed by atoms with Crippen molar-refractivity contribution in [1.82, 2.24) is 14.8 Å². The lowest BCUT2D eigenvalue weighted by Gasteiger charge is -2.29. The predicted molar refractivity (Wildman–Crippen MR) is 130 cm³/mol. The van der Waals surface area contributed by atoms with Crippen LogP contribution in [-0.4, -0.2) is 46.2 Å². The lowest BCUT2D eigenvalue weighted by molar-refractivity contribution is -0.142. The van der Waals surface area contributed by atoms with Crippen LogP contribution in [0, 0.1) is 5.92 Å². The van der Waals surface area contributed by atoms with E-state index in [0.717, 1.165) is 30.3 Å². The summed E-state index contributed by atoms with van der Waals surface area (Å²) < 4.78 is 0. The Hall–Kier alpha value is -3.08. The topological polar surface area (TPSA) is 56.4 Å². The Bertz CT molecular complexity index is 1010. The van der Waals surface area contributed by atoms with E-state index >= 15 is 0 Å². The average molecular weight is 434 g/mol. The number of aromatic nitrogens is 1. The summed E-state index contributed by atoms with van der Waals surface area (Å²) in [6.45, 7) is 7.79. The van der Waals surface area contributed by atoms with Gasteiger partial charge in [-0.3, -0.25) is 9.59 Å². The summed E-state index contributed by atoms with van der Waals surface area (Å²) >= 11 is 0. The minimum atomic E-state index is -0.117. The van der Waals surface area contributed by atoms with Crippen molar-refractivity contribution >= 4 is 22.7 Å². The van der Waals surface area contributed by atoms with Gasteiger partial charge in [-0.1, -0.05) is 75.7 Å². The first-order chi connectivity index (χ1) is 15.5. The maximum Gasteiger partial charge on any atom is 0.242 e. The Morgan fingerprint density at radius 1 is 0.938 bits per heavy atom. The van der Waals surface area contributed by atoms with Crippen molar-refractivity contribution in [2.45, 2.75) is 46.6 Å². The molecule has 0 atom stereocenters. The first kappa shape index (κ1) is 23.6. The van der Waals surface area contributed by atoms with E-state index in [-0.39, 0.29) is 24.3 Å². The molecular weight excluding hydrogens is 398 g/mol. The number of para-hydroxylation sites is 1. The van der Waals surface area contributed by atoms with Crippen molar-refractivity contribution in [3.63, 3.8) is 0 Å². The normalized spacial score (nSPS) is 11.1. The Morgan fingerprint density at radius 3 is 2.38 bits per heavy atom. The zero-order chi connectivity index (χ0) is 22.9. The van der Waals surface area contributed by atoms with E-state index in [0.29, 0.717) is 19.6 Å². The van der Waals surface area contributed by atoms with Crippen LogP contribution in [0.3, 0.4) is 0 Å². The van der Waals surface area contributed by atoms with Gasteiger partial charge in [-0.25, -0.2) is 0 Å². The molecule has 2 amide bonds. The van der Waals surface area contributed by atoms with E-state index < -0.39 is 0 Å². The minimum absolute atomic E-state index is 0.00111. The number of nitrogens with one attached hydrogen (secondary N) is 1. The Labute approximate surface area is 191 Å². The smallest absolute Gasteiger partial charge is 0.242 e. The van der Waals surface area contributed by atoms with Crippen LogP contribution in [0.25, 0.3) is 10.9 Å². The summed E-state index contributed by atoms with van der Waals surface area (Å²) in [4.78, 5) is 33.0. The third-order valence-corrected chi connectivity index (χ3v) is 5.81. The second kappa shape index (κ2) is 11.5. The van der Waals surface area contributed by atoms with E-state index in [2.05, 4.69) is 24.0 Å². The molecule has 3 rings (SSSR count). The summed E-state index contributed by atoms with van der Waals surface area (Å²) in [5, 5.41) is 1.19. The summed E-state index contributed by atoms with van der Waals surface area (Å²) in [7, 11) is 0. The number of carbonyl (C=O) groups excluding carboxylic acids is 2. The molecule has 0 aliphatic heterocycles. The van der Waals surface area contributed by atoms with Gasteiger partial charge in [0.2, 0.25) is 11.8 Å². The maximum absolute atomic E-state index is 13.4. The third-order valence-electron chi connectivity index (χ3n) is 5.81. The molecule has 0 unspecified atom stereocenters. The highest BCUT2D eigenvalue weighted by Crippen LogP contribution is 2.19. The number of hydrogen-bond acceptors (Lipinski definition) is 2. The molecule has 0 saturated heterocycles. The van der Waals surface area contributed by atoms with Gasteiger partial charge in [0.1, 0.15) is 0 Å². The molecule has 5 nitrogen and oxygen atoms in total. The van der Waals surface area contributed by atoms with E-state index in [1.807, 2.05) is 67.4 Å². The number of fused-ring (bicyclic) bond motifs is 1. The monoisotopic (exact) mass is 433 g/mol. The quantitative estimate of drug-likeness (QED) is 0.461. The van der Waals surface area contributed by atoms with Crippen LogP contribution in [0.2, 0.25) is 0 Å². The van der Waals surface area contributed by atoms with Gasteiger partial charge in [-0.15, -0.1) is 0 Å². The van der Waals surface area contributed by atoms with Crippen LogP contribution < -0.4 is 0 Å². The van der Waals surface area contributed by atoms with Gasteiger partial charge in [0.05, 0.1) is 6.54 Å². The molecule has 2 aromatic carbocycles. The molecule has 1 heterocycles. The summed E-state index contributed by atoms with van der Waals surface area (Å²) in [5.74, 6) is -0.0738. The number of benzene rings is 2. The Balaban J connectivity index is 1.76. The fraction of sp³-hybridized carbons (Fsp3) is 0.407. The average Bonchev–Trinajstić information content (AvgIpc) is 3.22. The second-order valence-corrected chi connectivity index (χ2v) is 8.68. The largest absolute Gasteiger partial charge is 0.361 e. The number of nitrogens with zero attached hydrogens (tertiary/aromatic N) is 2. The van der Waals surface area contributed by atoms with Crippen molar-refractivity contribution in [3.05, 3.63) is 71.9 Å². The van der Waals surface area contributed by atoms with Crippen molar-refractivity contribution < 1.29 is 9.59 Å². The molecule has 0 fully saturated rings. The van der Waals surface area contributed by atoms with E-state index in [9.17, 15) is 9.59 Å². The predicted octanol–water partition coefficient (Wildman–Crippen LogP) is 5.02. The van der Waals surface area contributed by atoms with Gasteiger partial charge >= 0.3 is 0 Å². The van der Waals surface area contributed by atoms with Crippen LogP contribution in [0.5, 0.6) is 0 Å². The number of H-pyrrole nitrogens is 1. The van der Waals surface area contributed by atoms with E-state index in [1.165, 1.54) is 10.9 Å². The molecule has 32 heavy (non-hydrogen) atoms. The molecule has 0 spiro atoms. The molecule has 0 aliphatic rings. The first-order valence-electron chi connectivity index (χ1n) is 11.6. The molecule has 1 N–H and O–H groups in total. The van der Waals surface area contributed by atoms with E-state index in [4.69, 9.17) is 0 Å². The number of hydrogen-bond donors (Lipinski definition) is 1. The maximum atomic E-state index is 13.4. The molecule has 0 saturated carbocycles. The molecule has 170 valence electrons. The number of rotatable bonds is 11. The molecule has 0 aliphatic carbocycles. The zero-order valence-corrected chi connectivity index (χ0v) is 19.5. The fourth-order valence-corrected chi connectivity index (χ4v) is 3.93. The minimum Gasteiger partial charge on any atom is -0.361 e. The van der Waals surface area contributed by atoms with E-state index in [1.54, 1.807) is 4.90 Å². The molecule has 0 bridgehead atoms. The lowest BCUT2D eigenvalue weighted by Crippen LogP contribution is -2.45. The molecule has 1 aromatic heterocycles. The van der Waals surface area contributed by atoms with Crippen LogP contribution >= 0.6 is 0 Å². The second-order valence-electron chi connectivity index (χ2n) is 8.68. The first-order valence-corrected chi connectivity index (χ1v) is 11.6. The van der Waals surface area contributed by atoms with Crippen molar-refractivity contribution in [1.29, 1.82) is 0 Å². The number of aromatic amines is 1. The van der Waals surface area contributed by atoms with Gasteiger partial charge in [0.25, 0.3) is 0 Å². The number of unbranched alkanes of at least 4 members (excludes halogenated alkanes) is 1. The van der Waals surface area contributed by atoms with Crippen molar-refractivity contribution in [3.8, 4) is 0 Å². The van der Waals surface area contributed by atoms with Gasteiger partial charge in [-0.05, 0) is 30.0 Å². The summed E-state index contributed by atoms with van der Waals surface area (Å²) in [6, 6.07) is 18.3. The van der Waals surface area contributed by atoms with Gasteiger partial charge < -0.3 is 14.8 Å². The molecule has 0 radical (unpaired) electrons. The van der Waals surface area contributed by atoms with Gasteiger partial charge in [0, 0.05) is 42.7 Å². The molecular formula is C27H35N3O2. The highest BCUT2D eigenvalue weighted by molar-refractivity contribution is 5.86. The fourth-order valence-electron chi connectivity index (χ4n) is 3.93. The van der Waals surface area contributed by atoms with Crippen molar-refractivity contribution in [2.24, 2.45) is 5.92 Å². The highest BCUT2D eigenvalue weighted by atomic mass is 16.2. The van der Waals surface area contributed by atoms with Crippen molar-refractivity contribution in [2.75, 3.05) is 19.6 Å². The van der Waals surface area contributed by atoms with Crippen LogP contribution in [0.4, 0.5) is 0 Å². The number of carbonyl (C=O) groups is 2. The Kier molecular flexibility index (Phi) is 8.48.